The lowest BCUT2D eigenvalue weighted by atomic mass is 9.99. The van der Waals surface area contributed by atoms with E-state index in [1.807, 2.05) is 20.8 Å². The number of carbonyl (C=O) groups is 1. The monoisotopic (exact) mass is 344 g/mol. The largest absolute Gasteiger partial charge is 0.444 e. The van der Waals surface area contributed by atoms with Crippen molar-refractivity contribution in [2.45, 2.75) is 45.0 Å². The molecule has 124 valence electrons. The molecule has 5 nitrogen and oxygen atoms in total. The van der Waals surface area contributed by atoms with Crippen LogP contribution in [0.3, 0.4) is 0 Å². The third-order valence-corrected chi connectivity index (χ3v) is 5.91. The zero-order valence-corrected chi connectivity index (χ0v) is 15.0. The van der Waals surface area contributed by atoms with Crippen LogP contribution in [-0.2, 0) is 21.3 Å². The molecule has 0 spiro atoms. The highest BCUT2D eigenvalue weighted by molar-refractivity contribution is 7.84. The Kier molecular flexibility index (Phi) is 5.97. The summed E-state index contributed by atoms with van der Waals surface area (Å²) in [6.07, 6.45) is 3.34. The van der Waals surface area contributed by atoms with E-state index in [1.165, 1.54) is 0 Å². The zero-order chi connectivity index (χ0) is 16.2. The molecule has 2 heterocycles. The van der Waals surface area contributed by atoms with Crippen molar-refractivity contribution in [3.05, 3.63) is 16.6 Å². The first-order valence-electron chi connectivity index (χ1n) is 7.54. The molecule has 1 aromatic heterocycles. The maximum atomic E-state index is 12.2. The highest BCUT2D eigenvalue weighted by Crippen LogP contribution is 2.21. The summed E-state index contributed by atoms with van der Waals surface area (Å²) in [7, 11) is -0.849. The van der Waals surface area contributed by atoms with Crippen molar-refractivity contribution >= 4 is 28.2 Å². The van der Waals surface area contributed by atoms with E-state index in [4.69, 9.17) is 4.74 Å². The molecule has 1 amide bonds. The standard InChI is InChI=1S/C15H24N2O3S2/c1-15(2,3)20-14(18)17-6-4-12(5-7-17)9-22(19)10-13-8-16-11-21-13/h8,11-12H,4-7,9-10H2,1-3H3. The van der Waals surface area contributed by atoms with Crippen molar-refractivity contribution in [3.63, 3.8) is 0 Å². The first kappa shape index (κ1) is 17.4. The van der Waals surface area contributed by atoms with E-state index in [1.54, 1.807) is 27.9 Å². The maximum absolute atomic E-state index is 12.2. The van der Waals surface area contributed by atoms with Gasteiger partial charge in [-0.3, -0.25) is 9.19 Å². The van der Waals surface area contributed by atoms with E-state index in [0.717, 1.165) is 17.7 Å². The van der Waals surface area contributed by atoms with Gasteiger partial charge >= 0.3 is 6.09 Å². The molecule has 1 unspecified atom stereocenters. The molecule has 1 fully saturated rings. The molecule has 1 atom stereocenters. The molecule has 22 heavy (non-hydrogen) atoms. The van der Waals surface area contributed by atoms with Gasteiger partial charge in [-0.15, -0.1) is 11.3 Å². The fourth-order valence-electron chi connectivity index (χ4n) is 2.40. The second-order valence-electron chi connectivity index (χ2n) is 6.63. The van der Waals surface area contributed by atoms with Crippen molar-refractivity contribution in [1.82, 2.24) is 9.88 Å². The van der Waals surface area contributed by atoms with Crippen molar-refractivity contribution < 1.29 is 13.7 Å². The van der Waals surface area contributed by atoms with Crippen molar-refractivity contribution in [2.24, 2.45) is 5.92 Å². The number of piperidine rings is 1. The summed E-state index contributed by atoms with van der Waals surface area (Å²) in [6, 6.07) is 0. The van der Waals surface area contributed by atoms with Gasteiger partial charge < -0.3 is 9.64 Å². The van der Waals surface area contributed by atoms with Gasteiger partial charge in [0.15, 0.2) is 0 Å². The Morgan fingerprint density at radius 3 is 2.68 bits per heavy atom. The van der Waals surface area contributed by atoms with Crippen LogP contribution in [0.5, 0.6) is 0 Å². The summed E-state index contributed by atoms with van der Waals surface area (Å²) in [5, 5.41) is 0. The second-order valence-corrected chi connectivity index (χ2v) is 9.10. The Labute approximate surface area is 138 Å². The molecule has 0 N–H and O–H groups in total. The lowest BCUT2D eigenvalue weighted by Crippen LogP contribution is -2.42. The van der Waals surface area contributed by atoms with Crippen LogP contribution in [0.1, 0.15) is 38.5 Å². The minimum atomic E-state index is -0.849. The van der Waals surface area contributed by atoms with E-state index in [2.05, 4.69) is 4.98 Å². The third kappa shape index (κ3) is 5.68. The van der Waals surface area contributed by atoms with Gasteiger partial charge in [-0.2, -0.15) is 0 Å². The van der Waals surface area contributed by atoms with Gasteiger partial charge in [0, 0.05) is 40.7 Å². The fourth-order valence-corrected chi connectivity index (χ4v) is 4.82. The summed E-state index contributed by atoms with van der Waals surface area (Å²) in [5.74, 6) is 1.73. The molecule has 0 aliphatic carbocycles. The van der Waals surface area contributed by atoms with Crippen LogP contribution in [0.25, 0.3) is 0 Å². The van der Waals surface area contributed by atoms with Gasteiger partial charge in [0.05, 0.1) is 11.3 Å². The molecular formula is C15H24N2O3S2. The number of hydrogen-bond donors (Lipinski definition) is 0. The zero-order valence-electron chi connectivity index (χ0n) is 13.4. The summed E-state index contributed by atoms with van der Waals surface area (Å²) < 4.78 is 17.6. The van der Waals surface area contributed by atoms with Crippen LogP contribution in [-0.4, -0.2) is 44.6 Å². The van der Waals surface area contributed by atoms with E-state index in [9.17, 15) is 9.00 Å². The Balaban J connectivity index is 1.73. The van der Waals surface area contributed by atoms with Gasteiger partial charge in [0.1, 0.15) is 5.60 Å². The summed E-state index contributed by atoms with van der Waals surface area (Å²) in [5.41, 5.74) is 1.32. The fraction of sp³-hybridized carbons (Fsp3) is 0.733. The van der Waals surface area contributed by atoms with Crippen LogP contribution in [0.15, 0.2) is 11.7 Å². The number of likely N-dealkylation sites (tertiary alicyclic amines) is 1. The summed E-state index contributed by atoms with van der Waals surface area (Å²) >= 11 is 1.55. The molecule has 1 saturated heterocycles. The van der Waals surface area contributed by atoms with Crippen LogP contribution < -0.4 is 0 Å². The molecule has 1 aliphatic rings. The minimum absolute atomic E-state index is 0.239. The predicted molar refractivity (Wildman–Crippen MR) is 89.4 cm³/mol. The first-order chi connectivity index (χ1) is 10.3. The van der Waals surface area contributed by atoms with Crippen LogP contribution in [0.4, 0.5) is 4.79 Å². The molecule has 0 bridgehead atoms. The molecule has 1 aromatic rings. The van der Waals surface area contributed by atoms with Gasteiger partial charge in [-0.25, -0.2) is 4.79 Å². The van der Waals surface area contributed by atoms with Crippen LogP contribution >= 0.6 is 11.3 Å². The Morgan fingerprint density at radius 2 is 2.14 bits per heavy atom. The van der Waals surface area contributed by atoms with Crippen LogP contribution in [0, 0.1) is 5.92 Å². The number of rotatable bonds is 4. The second kappa shape index (κ2) is 7.55. The van der Waals surface area contributed by atoms with E-state index < -0.39 is 16.4 Å². The Morgan fingerprint density at radius 1 is 1.45 bits per heavy atom. The minimum Gasteiger partial charge on any atom is -0.444 e. The van der Waals surface area contributed by atoms with Crippen molar-refractivity contribution in [3.8, 4) is 0 Å². The number of nitrogens with zero attached hydrogens (tertiary/aromatic N) is 2. The number of carbonyl (C=O) groups excluding carboxylic acids is 1. The number of hydrogen-bond acceptors (Lipinski definition) is 5. The van der Waals surface area contributed by atoms with Gasteiger partial charge in [-0.1, -0.05) is 0 Å². The normalized spacial score (nSPS) is 18.2. The number of aromatic nitrogens is 1. The topological polar surface area (TPSA) is 59.5 Å². The lowest BCUT2D eigenvalue weighted by Gasteiger charge is -2.33. The average Bonchev–Trinajstić information content (AvgIpc) is 2.90. The maximum Gasteiger partial charge on any atom is 0.410 e. The molecule has 7 heteroatoms. The highest BCUT2D eigenvalue weighted by atomic mass is 32.2. The SMILES string of the molecule is CC(C)(C)OC(=O)N1CCC(CS(=O)Cc2cncs2)CC1. The Bertz CT molecular complexity index is 503. The molecule has 0 aromatic carbocycles. The van der Waals surface area contributed by atoms with Gasteiger partial charge in [0.2, 0.25) is 0 Å². The summed E-state index contributed by atoms with van der Waals surface area (Å²) in [6.45, 7) is 7.01. The molecular weight excluding hydrogens is 320 g/mol. The average molecular weight is 345 g/mol. The third-order valence-electron chi connectivity index (χ3n) is 3.47. The van der Waals surface area contributed by atoms with E-state index >= 15 is 0 Å². The smallest absolute Gasteiger partial charge is 0.410 e. The molecule has 2 rings (SSSR count). The molecule has 1 aliphatic heterocycles. The number of ether oxygens (including phenoxy) is 1. The number of amides is 1. The molecule has 0 saturated carbocycles. The van der Waals surface area contributed by atoms with E-state index in [-0.39, 0.29) is 6.09 Å². The molecule has 0 radical (unpaired) electrons. The van der Waals surface area contributed by atoms with Gasteiger partial charge in [-0.05, 0) is 39.5 Å². The lowest BCUT2D eigenvalue weighted by molar-refractivity contribution is 0.0191. The Hall–Kier alpha value is -0.950. The number of thiazole rings is 1. The van der Waals surface area contributed by atoms with Crippen molar-refractivity contribution in [1.29, 1.82) is 0 Å². The van der Waals surface area contributed by atoms with Gasteiger partial charge in [0.25, 0.3) is 0 Å². The van der Waals surface area contributed by atoms with Crippen LogP contribution in [0.2, 0.25) is 0 Å². The first-order valence-corrected chi connectivity index (χ1v) is 9.90. The summed E-state index contributed by atoms with van der Waals surface area (Å²) in [4.78, 5) is 18.8. The highest BCUT2D eigenvalue weighted by Gasteiger charge is 2.27. The van der Waals surface area contributed by atoms with E-state index in [0.29, 0.717) is 30.5 Å². The predicted octanol–water partition coefficient (Wildman–Crippen LogP) is 3.04. The van der Waals surface area contributed by atoms with Crippen molar-refractivity contribution in [2.75, 3.05) is 18.8 Å². The quantitative estimate of drug-likeness (QED) is 0.842.